The van der Waals surface area contributed by atoms with E-state index in [1.165, 1.54) is 6.07 Å². The lowest BCUT2D eigenvalue weighted by Crippen LogP contribution is -2.21. The van der Waals surface area contributed by atoms with Gasteiger partial charge in [-0.25, -0.2) is 0 Å². The van der Waals surface area contributed by atoms with Gasteiger partial charge in [0.25, 0.3) is 5.56 Å². The lowest BCUT2D eigenvalue weighted by molar-refractivity contribution is -0.143. The van der Waals surface area contributed by atoms with Crippen molar-refractivity contribution >= 4 is 5.97 Å². The number of ether oxygens (including phenoxy) is 2. The zero-order valence-corrected chi connectivity index (χ0v) is 15.5. The maximum atomic E-state index is 12.4. The Morgan fingerprint density at radius 1 is 1.23 bits per heavy atom. The first-order valence-electron chi connectivity index (χ1n) is 8.66. The summed E-state index contributed by atoms with van der Waals surface area (Å²) in [5.74, 6) is -0.491. The Morgan fingerprint density at radius 2 is 1.88 bits per heavy atom. The number of aromatic amines is 1. The summed E-state index contributed by atoms with van der Waals surface area (Å²) >= 11 is 0. The maximum Gasteiger partial charge on any atom is 0.306 e. The third-order valence-electron chi connectivity index (χ3n) is 3.86. The van der Waals surface area contributed by atoms with Gasteiger partial charge in [0.2, 0.25) is 0 Å². The molecule has 0 aliphatic carbocycles. The van der Waals surface area contributed by atoms with E-state index in [4.69, 9.17) is 9.47 Å². The van der Waals surface area contributed by atoms with Crippen molar-refractivity contribution in [1.29, 1.82) is 0 Å². The summed E-state index contributed by atoms with van der Waals surface area (Å²) in [7, 11) is 0. The number of carbonyl (C=O) groups excluding carboxylic acids is 1. The number of pyridine rings is 1. The van der Waals surface area contributed by atoms with Crippen molar-refractivity contribution < 1.29 is 19.4 Å². The molecule has 140 valence electrons. The van der Waals surface area contributed by atoms with Gasteiger partial charge in [0, 0.05) is 11.6 Å². The van der Waals surface area contributed by atoms with E-state index in [0.717, 1.165) is 5.56 Å². The molecule has 0 fully saturated rings. The molecule has 26 heavy (non-hydrogen) atoms. The van der Waals surface area contributed by atoms with Crippen LogP contribution in [-0.4, -0.2) is 28.8 Å². The van der Waals surface area contributed by atoms with E-state index in [1.807, 2.05) is 13.8 Å². The van der Waals surface area contributed by atoms with Crippen LogP contribution >= 0.6 is 0 Å². The molecule has 6 nitrogen and oxygen atoms in total. The molecule has 2 N–H and O–H groups in total. The smallest absolute Gasteiger partial charge is 0.306 e. The molecule has 0 saturated carbocycles. The minimum atomic E-state index is -0.619. The van der Waals surface area contributed by atoms with Gasteiger partial charge in [-0.2, -0.15) is 0 Å². The van der Waals surface area contributed by atoms with Crippen molar-refractivity contribution in [2.75, 3.05) is 6.61 Å². The van der Waals surface area contributed by atoms with Gasteiger partial charge in [-0.3, -0.25) is 9.59 Å². The Hall–Kier alpha value is -2.76. The first-order chi connectivity index (χ1) is 12.3. The molecule has 0 aliphatic rings. The van der Waals surface area contributed by atoms with E-state index in [9.17, 15) is 14.7 Å². The Bertz CT molecular complexity index is 808. The summed E-state index contributed by atoms with van der Waals surface area (Å²) in [6, 6.07) is 8.63. The molecule has 0 saturated heterocycles. The van der Waals surface area contributed by atoms with Gasteiger partial charge in [-0.1, -0.05) is 12.1 Å². The summed E-state index contributed by atoms with van der Waals surface area (Å²) in [4.78, 5) is 27.2. The zero-order valence-electron chi connectivity index (χ0n) is 15.5. The monoisotopic (exact) mass is 359 g/mol. The SMILES string of the molecule is CCOC(=O)C[C@@H](c1ccc(OC(C)C)cc1)c1c(O)cc(C)[nH]c1=O. The van der Waals surface area contributed by atoms with Crippen LogP contribution in [0.5, 0.6) is 11.5 Å². The van der Waals surface area contributed by atoms with Crippen LogP contribution < -0.4 is 10.3 Å². The van der Waals surface area contributed by atoms with Crippen LogP contribution in [0.2, 0.25) is 0 Å². The van der Waals surface area contributed by atoms with Crippen molar-refractivity contribution in [3.63, 3.8) is 0 Å². The van der Waals surface area contributed by atoms with Gasteiger partial charge in [0.15, 0.2) is 0 Å². The van der Waals surface area contributed by atoms with Crippen LogP contribution in [0.25, 0.3) is 0 Å². The highest BCUT2D eigenvalue weighted by molar-refractivity contribution is 5.71. The van der Waals surface area contributed by atoms with Crippen molar-refractivity contribution in [2.24, 2.45) is 0 Å². The Labute approximate surface area is 152 Å². The Kier molecular flexibility index (Phi) is 6.44. The summed E-state index contributed by atoms with van der Waals surface area (Å²) < 4.78 is 10.7. The third-order valence-corrected chi connectivity index (χ3v) is 3.86. The summed E-state index contributed by atoms with van der Waals surface area (Å²) in [5, 5.41) is 10.3. The molecule has 0 bridgehead atoms. The Balaban J connectivity index is 2.45. The van der Waals surface area contributed by atoms with Crippen molar-refractivity contribution in [3.8, 4) is 11.5 Å². The molecule has 0 unspecified atom stereocenters. The highest BCUT2D eigenvalue weighted by Crippen LogP contribution is 2.33. The quantitative estimate of drug-likeness (QED) is 0.741. The first kappa shape index (κ1) is 19.6. The normalized spacial score (nSPS) is 12.0. The molecule has 2 aromatic rings. The number of aryl methyl sites for hydroxylation is 1. The van der Waals surface area contributed by atoms with Gasteiger partial charge >= 0.3 is 5.97 Å². The Morgan fingerprint density at radius 3 is 2.42 bits per heavy atom. The van der Waals surface area contributed by atoms with Crippen LogP contribution in [0, 0.1) is 6.92 Å². The molecule has 6 heteroatoms. The second-order valence-corrected chi connectivity index (χ2v) is 6.38. The van der Waals surface area contributed by atoms with Crippen molar-refractivity contribution in [3.05, 3.63) is 57.5 Å². The summed E-state index contributed by atoms with van der Waals surface area (Å²) in [6.07, 6.45) is -0.00190. The molecule has 2 rings (SSSR count). The van der Waals surface area contributed by atoms with E-state index in [0.29, 0.717) is 11.4 Å². The largest absolute Gasteiger partial charge is 0.507 e. The van der Waals surface area contributed by atoms with Crippen molar-refractivity contribution in [1.82, 2.24) is 4.98 Å². The van der Waals surface area contributed by atoms with Gasteiger partial charge < -0.3 is 19.6 Å². The zero-order chi connectivity index (χ0) is 19.3. The van der Waals surface area contributed by atoms with Gasteiger partial charge in [0.1, 0.15) is 11.5 Å². The molecule has 1 heterocycles. The topological polar surface area (TPSA) is 88.6 Å². The summed E-state index contributed by atoms with van der Waals surface area (Å²) in [6.45, 7) is 7.52. The molecule has 1 atom stereocenters. The van der Waals surface area contributed by atoms with E-state index < -0.39 is 17.4 Å². The molecule has 0 radical (unpaired) electrons. The predicted molar refractivity (Wildman–Crippen MR) is 98.8 cm³/mol. The second-order valence-electron chi connectivity index (χ2n) is 6.38. The number of aromatic nitrogens is 1. The molecule has 0 amide bonds. The van der Waals surface area contributed by atoms with Gasteiger partial charge in [-0.05, 0) is 51.5 Å². The summed E-state index contributed by atoms with van der Waals surface area (Å²) in [5.41, 5.74) is 1.01. The number of H-pyrrole nitrogens is 1. The number of carbonyl (C=O) groups is 1. The fourth-order valence-corrected chi connectivity index (χ4v) is 2.84. The minimum Gasteiger partial charge on any atom is -0.507 e. The van der Waals surface area contributed by atoms with Crippen LogP contribution in [0.3, 0.4) is 0 Å². The fraction of sp³-hybridized carbons (Fsp3) is 0.400. The first-order valence-corrected chi connectivity index (χ1v) is 8.66. The van der Waals surface area contributed by atoms with E-state index in [1.54, 1.807) is 38.1 Å². The number of hydrogen-bond acceptors (Lipinski definition) is 5. The lowest BCUT2D eigenvalue weighted by atomic mass is 9.88. The highest BCUT2D eigenvalue weighted by atomic mass is 16.5. The van der Waals surface area contributed by atoms with Crippen LogP contribution in [-0.2, 0) is 9.53 Å². The van der Waals surface area contributed by atoms with Gasteiger partial charge in [-0.15, -0.1) is 0 Å². The van der Waals surface area contributed by atoms with E-state index in [-0.39, 0.29) is 30.4 Å². The molecule has 1 aromatic heterocycles. The average molecular weight is 359 g/mol. The van der Waals surface area contributed by atoms with Crippen LogP contribution in [0.1, 0.15) is 49.9 Å². The molecule has 0 spiro atoms. The molecule has 1 aromatic carbocycles. The van der Waals surface area contributed by atoms with E-state index in [2.05, 4.69) is 4.98 Å². The molecular formula is C20H25NO5. The molecule has 0 aliphatic heterocycles. The lowest BCUT2D eigenvalue weighted by Gasteiger charge is -2.18. The third kappa shape index (κ3) is 4.88. The average Bonchev–Trinajstić information content (AvgIpc) is 2.53. The number of hydrogen-bond donors (Lipinski definition) is 2. The minimum absolute atomic E-state index is 0.0418. The fourth-order valence-electron chi connectivity index (χ4n) is 2.84. The van der Waals surface area contributed by atoms with Crippen molar-refractivity contribution in [2.45, 2.75) is 46.1 Å². The number of benzene rings is 1. The predicted octanol–water partition coefficient (Wildman–Crippen LogP) is 3.26. The number of aromatic hydroxyl groups is 1. The number of nitrogens with one attached hydrogen (secondary N) is 1. The van der Waals surface area contributed by atoms with Crippen LogP contribution in [0.4, 0.5) is 0 Å². The maximum absolute atomic E-state index is 12.4. The van der Waals surface area contributed by atoms with Crippen LogP contribution in [0.15, 0.2) is 35.1 Å². The standard InChI is InChI=1S/C20H25NO5/c1-5-25-18(23)11-16(19-17(22)10-13(4)21-20(19)24)14-6-8-15(9-7-14)26-12(2)3/h6-10,12,16H,5,11H2,1-4H3,(H2,21,22,24)/t16-/m0/s1. The number of rotatable bonds is 7. The molecular weight excluding hydrogens is 334 g/mol. The highest BCUT2D eigenvalue weighted by Gasteiger charge is 2.25. The van der Waals surface area contributed by atoms with E-state index >= 15 is 0 Å². The second kappa shape index (κ2) is 8.56. The number of esters is 1. The van der Waals surface area contributed by atoms with Gasteiger partial charge in [0.05, 0.1) is 24.7 Å².